The zero-order valence-electron chi connectivity index (χ0n) is 10.8. The molecule has 1 atom stereocenters. The van der Waals surface area contributed by atoms with E-state index in [1.807, 2.05) is 7.05 Å². The molecule has 1 aromatic rings. The third kappa shape index (κ3) is 4.15. The lowest BCUT2D eigenvalue weighted by Crippen LogP contribution is -2.38. The van der Waals surface area contributed by atoms with Crippen molar-refractivity contribution in [3.05, 3.63) is 16.1 Å². The average Bonchev–Trinajstić information content (AvgIpc) is 2.78. The van der Waals surface area contributed by atoms with Crippen LogP contribution in [0.5, 0.6) is 0 Å². The SMILES string of the molecule is CNCC1CCCN(Cc2cnc(C(F)(F)F)s2)C1. The average molecular weight is 293 g/mol. The maximum absolute atomic E-state index is 12.5. The van der Waals surface area contributed by atoms with Crippen LogP contribution in [0.15, 0.2) is 6.20 Å². The molecule has 0 spiro atoms. The molecule has 7 heteroatoms. The highest BCUT2D eigenvalue weighted by Gasteiger charge is 2.34. The Hall–Kier alpha value is -0.660. The van der Waals surface area contributed by atoms with Crippen LogP contribution < -0.4 is 5.32 Å². The van der Waals surface area contributed by atoms with Gasteiger partial charge in [0.1, 0.15) is 0 Å². The fourth-order valence-electron chi connectivity index (χ4n) is 2.48. The molecular formula is C12H18F3N3S. The summed E-state index contributed by atoms with van der Waals surface area (Å²) in [4.78, 5) is 6.38. The Kier molecular flexibility index (Phi) is 4.81. The highest BCUT2D eigenvalue weighted by molar-refractivity contribution is 7.11. The second-order valence-electron chi connectivity index (χ2n) is 4.93. The van der Waals surface area contributed by atoms with Gasteiger partial charge in [-0.15, -0.1) is 11.3 Å². The first-order valence-corrected chi connectivity index (χ1v) is 7.19. The van der Waals surface area contributed by atoms with Crippen molar-refractivity contribution in [2.24, 2.45) is 5.92 Å². The molecule has 1 aromatic heterocycles. The molecule has 2 rings (SSSR count). The van der Waals surface area contributed by atoms with Crippen molar-refractivity contribution in [3.63, 3.8) is 0 Å². The molecule has 19 heavy (non-hydrogen) atoms. The van der Waals surface area contributed by atoms with E-state index in [0.717, 1.165) is 37.4 Å². The molecule has 0 saturated carbocycles. The highest BCUT2D eigenvalue weighted by Crippen LogP contribution is 2.33. The van der Waals surface area contributed by atoms with E-state index >= 15 is 0 Å². The van der Waals surface area contributed by atoms with Gasteiger partial charge in [-0.2, -0.15) is 13.2 Å². The van der Waals surface area contributed by atoms with Gasteiger partial charge in [-0.05, 0) is 38.9 Å². The predicted octanol–water partition coefficient (Wildman–Crippen LogP) is 2.59. The largest absolute Gasteiger partial charge is 0.443 e. The van der Waals surface area contributed by atoms with Crippen LogP contribution in [0, 0.1) is 5.92 Å². The van der Waals surface area contributed by atoms with Gasteiger partial charge in [0.2, 0.25) is 0 Å². The van der Waals surface area contributed by atoms with Crippen LogP contribution in [0.25, 0.3) is 0 Å². The summed E-state index contributed by atoms with van der Waals surface area (Å²) >= 11 is 0.755. The zero-order valence-corrected chi connectivity index (χ0v) is 11.7. The minimum absolute atomic E-state index is 0.577. The molecule has 108 valence electrons. The van der Waals surface area contributed by atoms with Crippen molar-refractivity contribution in [2.75, 3.05) is 26.7 Å². The number of nitrogens with one attached hydrogen (secondary N) is 1. The fraction of sp³-hybridized carbons (Fsp3) is 0.750. The molecule has 1 aliphatic heterocycles. The minimum atomic E-state index is -4.32. The molecule has 1 unspecified atom stereocenters. The third-order valence-corrected chi connectivity index (χ3v) is 4.30. The number of likely N-dealkylation sites (tertiary alicyclic amines) is 1. The van der Waals surface area contributed by atoms with E-state index in [4.69, 9.17) is 0 Å². The van der Waals surface area contributed by atoms with E-state index in [1.54, 1.807) is 0 Å². The molecule has 0 amide bonds. The van der Waals surface area contributed by atoms with E-state index in [1.165, 1.54) is 12.6 Å². The van der Waals surface area contributed by atoms with Gasteiger partial charge in [-0.25, -0.2) is 4.98 Å². The quantitative estimate of drug-likeness (QED) is 0.925. The predicted molar refractivity (Wildman–Crippen MR) is 69.0 cm³/mol. The first-order chi connectivity index (χ1) is 8.99. The molecule has 3 nitrogen and oxygen atoms in total. The van der Waals surface area contributed by atoms with Gasteiger partial charge >= 0.3 is 6.18 Å². The number of aromatic nitrogens is 1. The number of hydrogen-bond acceptors (Lipinski definition) is 4. The third-order valence-electron chi connectivity index (χ3n) is 3.27. The Morgan fingerprint density at radius 1 is 1.53 bits per heavy atom. The summed E-state index contributed by atoms with van der Waals surface area (Å²) in [6.07, 6.45) is -0.667. The molecule has 0 radical (unpaired) electrons. The van der Waals surface area contributed by atoms with Crippen molar-refractivity contribution >= 4 is 11.3 Å². The fourth-order valence-corrected chi connectivity index (χ4v) is 3.30. The summed E-state index contributed by atoms with van der Waals surface area (Å²) in [6, 6.07) is 0. The lowest BCUT2D eigenvalue weighted by molar-refractivity contribution is -0.137. The minimum Gasteiger partial charge on any atom is -0.319 e. The van der Waals surface area contributed by atoms with Crippen molar-refractivity contribution < 1.29 is 13.2 Å². The van der Waals surface area contributed by atoms with Crippen LogP contribution in [0.1, 0.15) is 22.7 Å². The van der Waals surface area contributed by atoms with Gasteiger partial charge in [0, 0.05) is 24.2 Å². The summed E-state index contributed by atoms with van der Waals surface area (Å²) < 4.78 is 37.4. The molecule has 0 aliphatic carbocycles. The molecule has 2 heterocycles. The molecular weight excluding hydrogens is 275 g/mol. The van der Waals surface area contributed by atoms with Gasteiger partial charge in [-0.1, -0.05) is 0 Å². The van der Waals surface area contributed by atoms with E-state index in [-0.39, 0.29) is 0 Å². The maximum atomic E-state index is 12.5. The van der Waals surface area contributed by atoms with Crippen LogP contribution in [-0.2, 0) is 12.7 Å². The second kappa shape index (κ2) is 6.19. The first kappa shape index (κ1) is 14.7. The summed E-state index contributed by atoms with van der Waals surface area (Å²) in [5, 5.41) is 2.42. The lowest BCUT2D eigenvalue weighted by Gasteiger charge is -2.32. The van der Waals surface area contributed by atoms with Crippen molar-refractivity contribution in [3.8, 4) is 0 Å². The molecule has 1 N–H and O–H groups in total. The Labute approximate surface area is 114 Å². The van der Waals surface area contributed by atoms with Gasteiger partial charge in [0.05, 0.1) is 0 Å². The van der Waals surface area contributed by atoms with Gasteiger partial charge < -0.3 is 5.32 Å². The van der Waals surface area contributed by atoms with E-state index in [9.17, 15) is 13.2 Å². The van der Waals surface area contributed by atoms with Crippen molar-refractivity contribution in [2.45, 2.75) is 25.6 Å². The Bertz CT molecular complexity index is 403. The van der Waals surface area contributed by atoms with Crippen LogP contribution in [0.4, 0.5) is 13.2 Å². The Balaban J connectivity index is 1.92. The molecule has 1 aliphatic rings. The number of alkyl halides is 3. The van der Waals surface area contributed by atoms with Crippen LogP contribution in [-0.4, -0.2) is 36.6 Å². The van der Waals surface area contributed by atoms with Gasteiger partial charge in [0.25, 0.3) is 0 Å². The van der Waals surface area contributed by atoms with E-state index in [2.05, 4.69) is 15.2 Å². The maximum Gasteiger partial charge on any atom is 0.443 e. The number of nitrogens with zero attached hydrogens (tertiary/aromatic N) is 2. The van der Waals surface area contributed by atoms with Crippen LogP contribution in [0.3, 0.4) is 0 Å². The monoisotopic (exact) mass is 293 g/mol. The molecule has 0 aromatic carbocycles. The van der Waals surface area contributed by atoms with Crippen molar-refractivity contribution in [1.82, 2.24) is 15.2 Å². The lowest BCUT2D eigenvalue weighted by atomic mass is 9.98. The number of hydrogen-bond donors (Lipinski definition) is 1. The normalized spacial score (nSPS) is 21.8. The Morgan fingerprint density at radius 2 is 2.32 bits per heavy atom. The molecule has 1 fully saturated rings. The van der Waals surface area contributed by atoms with Crippen molar-refractivity contribution in [1.29, 1.82) is 0 Å². The zero-order chi connectivity index (χ0) is 13.9. The summed E-state index contributed by atoms with van der Waals surface area (Å²) in [7, 11) is 1.93. The molecule has 1 saturated heterocycles. The summed E-state index contributed by atoms with van der Waals surface area (Å²) in [5.74, 6) is 0.591. The highest BCUT2D eigenvalue weighted by atomic mass is 32.1. The summed E-state index contributed by atoms with van der Waals surface area (Å²) in [6.45, 7) is 3.44. The van der Waals surface area contributed by atoms with Gasteiger partial charge in [0.15, 0.2) is 5.01 Å². The number of rotatable bonds is 4. The number of halogens is 3. The van der Waals surface area contributed by atoms with E-state index in [0.29, 0.717) is 17.3 Å². The molecule has 0 bridgehead atoms. The smallest absolute Gasteiger partial charge is 0.319 e. The number of thiazole rings is 1. The second-order valence-corrected chi connectivity index (χ2v) is 6.05. The Morgan fingerprint density at radius 3 is 2.95 bits per heavy atom. The number of piperidine rings is 1. The topological polar surface area (TPSA) is 28.2 Å². The van der Waals surface area contributed by atoms with Gasteiger partial charge in [-0.3, -0.25) is 4.90 Å². The van der Waals surface area contributed by atoms with E-state index < -0.39 is 11.2 Å². The first-order valence-electron chi connectivity index (χ1n) is 6.38. The van der Waals surface area contributed by atoms with Crippen LogP contribution >= 0.6 is 11.3 Å². The standard InChI is InChI=1S/C12H18F3N3S/c1-16-5-9-3-2-4-18(7-9)8-10-6-17-11(19-10)12(13,14)15/h6,9,16H,2-5,7-8H2,1H3. The summed E-state index contributed by atoms with van der Waals surface area (Å²) in [5.41, 5.74) is 0. The van der Waals surface area contributed by atoms with Crippen LogP contribution in [0.2, 0.25) is 0 Å².